The van der Waals surface area contributed by atoms with Gasteiger partial charge in [-0.25, -0.2) is 0 Å². The van der Waals surface area contributed by atoms with E-state index in [1.807, 2.05) is 0 Å². The Morgan fingerprint density at radius 3 is 1.19 bits per heavy atom. The number of nitrogens with one attached hydrogen (secondary N) is 4. The quantitative estimate of drug-likeness (QED) is 0.0436. The molecule has 0 aliphatic carbocycles. The molecule has 0 bridgehead atoms. The van der Waals surface area contributed by atoms with Crippen molar-refractivity contribution >= 4 is 23.6 Å². The van der Waals surface area contributed by atoms with Crippen LogP contribution in [0.25, 0.3) is 11.1 Å². The Kier molecular flexibility index (Phi) is 18.7. The number of carbonyl (C=O) groups is 4. The molecule has 0 saturated carbocycles. The molecule has 2 heterocycles. The first-order valence-corrected chi connectivity index (χ1v) is 23.0. The Hall–Kier alpha value is -5.72. The first kappa shape index (κ1) is 53.6. The van der Waals surface area contributed by atoms with Gasteiger partial charge >= 0.3 is 0 Å². The van der Waals surface area contributed by atoms with Crippen LogP contribution in [0.3, 0.4) is 0 Å². The fourth-order valence-electron chi connectivity index (χ4n) is 8.44. The van der Waals surface area contributed by atoms with E-state index in [-0.39, 0.29) is 62.7 Å². The van der Waals surface area contributed by atoms with Crippen molar-refractivity contribution in [2.75, 3.05) is 26.3 Å². The van der Waals surface area contributed by atoms with Gasteiger partial charge in [0.15, 0.2) is 11.6 Å². The number of amides is 4. The number of rotatable bonds is 21. The standard InChI is InChI=1S/C50H62N4O16/c55-27-35(57)19-21-39(59)51-25-37-41(61)43(63)45(49(67,69-37)23-29-7-3-1-4-8-29)53-47(65)33-15-11-31(12-16-33)32-13-17-34(18-14-32)48(66)54-46-44(64)42(62)38(26-52-40(60)22-20-36(58)28-56)70-50(46,68)24-30-9-5-2-6-10-30/h1-18,35-38,41-46,55-58,61-64,67-68H,19-28H2,(H,51,59)(H,52,60)(H,53,65)(H,54,66)/t35-,36-,37+,38+,41+,42+,43-,44-,45+,46+,49-,50-/m0/s1. The Bertz CT molecular complexity index is 2170. The molecule has 0 aromatic heterocycles. The summed E-state index contributed by atoms with van der Waals surface area (Å²) in [5.74, 6) is -7.06. The van der Waals surface area contributed by atoms with E-state index in [9.17, 15) is 60.0 Å². The molecule has 70 heavy (non-hydrogen) atoms. The summed E-state index contributed by atoms with van der Waals surface area (Å²) in [6, 6.07) is 26.6. The highest BCUT2D eigenvalue weighted by Crippen LogP contribution is 2.34. The summed E-state index contributed by atoms with van der Waals surface area (Å²) in [5, 5.41) is 116. The predicted octanol–water partition coefficient (Wildman–Crippen LogP) is -1.85. The molecule has 0 unspecified atom stereocenters. The second-order valence-corrected chi connectivity index (χ2v) is 17.7. The molecule has 2 aliphatic rings. The summed E-state index contributed by atoms with van der Waals surface area (Å²) < 4.78 is 11.9. The number of hydrogen-bond donors (Lipinski definition) is 14. The minimum Gasteiger partial charge on any atom is -0.394 e. The normalized spacial score (nSPS) is 27.4. The lowest BCUT2D eigenvalue weighted by molar-refractivity contribution is -0.311. The summed E-state index contributed by atoms with van der Waals surface area (Å²) in [6.45, 7) is -1.70. The number of aliphatic hydroxyl groups is 10. The van der Waals surface area contributed by atoms with Gasteiger partial charge in [0, 0.05) is 49.9 Å². The van der Waals surface area contributed by atoms with Gasteiger partial charge in [-0.15, -0.1) is 0 Å². The van der Waals surface area contributed by atoms with Crippen LogP contribution in [0.2, 0.25) is 0 Å². The van der Waals surface area contributed by atoms with Gasteiger partial charge in [0.2, 0.25) is 11.8 Å². The van der Waals surface area contributed by atoms with Crippen molar-refractivity contribution in [3.8, 4) is 11.1 Å². The summed E-state index contributed by atoms with van der Waals surface area (Å²) in [7, 11) is 0. The van der Waals surface area contributed by atoms with Gasteiger partial charge in [-0.05, 0) is 59.4 Å². The predicted molar refractivity (Wildman–Crippen MR) is 249 cm³/mol. The molecular formula is C50H62N4O16. The molecule has 20 heteroatoms. The minimum atomic E-state index is -2.27. The highest BCUT2D eigenvalue weighted by Gasteiger charge is 2.55. The molecule has 20 nitrogen and oxygen atoms in total. The Balaban J connectivity index is 1.11. The molecule has 2 aliphatic heterocycles. The van der Waals surface area contributed by atoms with Gasteiger partial charge in [-0.2, -0.15) is 0 Å². The molecule has 2 fully saturated rings. The lowest BCUT2D eigenvalue weighted by atomic mass is 9.86. The van der Waals surface area contributed by atoms with E-state index in [0.29, 0.717) is 22.3 Å². The highest BCUT2D eigenvalue weighted by atomic mass is 16.7. The van der Waals surface area contributed by atoms with Gasteiger partial charge in [0.05, 0.1) is 25.4 Å². The van der Waals surface area contributed by atoms with Gasteiger partial charge in [-0.3, -0.25) is 19.2 Å². The van der Waals surface area contributed by atoms with E-state index >= 15 is 0 Å². The van der Waals surface area contributed by atoms with Gasteiger partial charge in [0.25, 0.3) is 11.8 Å². The van der Waals surface area contributed by atoms with Crippen molar-refractivity contribution in [2.24, 2.45) is 0 Å². The third-order valence-electron chi connectivity index (χ3n) is 12.5. The van der Waals surface area contributed by atoms with E-state index in [2.05, 4.69) is 21.3 Å². The molecule has 4 aromatic rings. The highest BCUT2D eigenvalue weighted by molar-refractivity contribution is 5.96. The largest absolute Gasteiger partial charge is 0.394 e. The van der Waals surface area contributed by atoms with Crippen molar-refractivity contribution in [3.63, 3.8) is 0 Å². The zero-order valence-corrected chi connectivity index (χ0v) is 38.2. The number of benzene rings is 4. The van der Waals surface area contributed by atoms with Crippen LogP contribution in [0.1, 0.15) is 57.5 Å². The van der Waals surface area contributed by atoms with Crippen LogP contribution in [-0.2, 0) is 31.9 Å². The van der Waals surface area contributed by atoms with Crippen molar-refractivity contribution in [2.45, 2.75) is 111 Å². The summed E-state index contributed by atoms with van der Waals surface area (Å²) >= 11 is 0. The number of ether oxygens (including phenoxy) is 2. The summed E-state index contributed by atoms with van der Waals surface area (Å²) in [5.41, 5.74) is 2.63. The third-order valence-corrected chi connectivity index (χ3v) is 12.5. The minimum absolute atomic E-state index is 0.0200. The number of aliphatic hydroxyl groups excluding tert-OH is 8. The van der Waals surface area contributed by atoms with Gasteiger partial charge < -0.3 is 81.8 Å². The fourth-order valence-corrected chi connectivity index (χ4v) is 8.44. The summed E-state index contributed by atoms with van der Waals surface area (Å²) in [6.07, 6.45) is -12.5. The molecule has 4 amide bonds. The van der Waals surface area contributed by atoms with Crippen LogP contribution < -0.4 is 21.3 Å². The van der Waals surface area contributed by atoms with E-state index in [0.717, 1.165) is 0 Å². The van der Waals surface area contributed by atoms with Crippen molar-refractivity contribution in [3.05, 3.63) is 131 Å². The van der Waals surface area contributed by atoms with E-state index in [1.165, 1.54) is 24.3 Å². The van der Waals surface area contributed by atoms with Gasteiger partial charge in [0.1, 0.15) is 48.7 Å². The smallest absolute Gasteiger partial charge is 0.251 e. The van der Waals surface area contributed by atoms with Crippen LogP contribution in [0.5, 0.6) is 0 Å². The third kappa shape index (κ3) is 13.8. The average molecular weight is 975 g/mol. The van der Waals surface area contributed by atoms with Crippen LogP contribution in [0, 0.1) is 0 Å². The van der Waals surface area contributed by atoms with Gasteiger partial charge in [-0.1, -0.05) is 84.9 Å². The molecule has 2 saturated heterocycles. The van der Waals surface area contributed by atoms with E-state index in [1.54, 1.807) is 84.9 Å². The topological polar surface area (TPSA) is 337 Å². The van der Waals surface area contributed by atoms with Crippen molar-refractivity contribution in [1.82, 2.24) is 21.3 Å². The molecule has 12 atom stereocenters. The second-order valence-electron chi connectivity index (χ2n) is 17.7. The van der Waals surface area contributed by atoms with Crippen LogP contribution in [-0.4, -0.2) is 173 Å². The summed E-state index contributed by atoms with van der Waals surface area (Å²) in [4.78, 5) is 52.2. The lowest BCUT2D eigenvalue weighted by Crippen LogP contribution is -2.71. The maximum Gasteiger partial charge on any atom is 0.251 e. The zero-order chi connectivity index (χ0) is 50.6. The Labute approximate surface area is 403 Å². The molecule has 14 N–H and O–H groups in total. The number of carbonyl (C=O) groups excluding carboxylic acids is 4. The Morgan fingerprint density at radius 1 is 0.514 bits per heavy atom. The van der Waals surface area contributed by atoms with E-state index < -0.39 is 109 Å². The Morgan fingerprint density at radius 2 is 0.857 bits per heavy atom. The number of hydrogen-bond acceptors (Lipinski definition) is 16. The van der Waals surface area contributed by atoms with Crippen molar-refractivity contribution in [1.29, 1.82) is 0 Å². The molecule has 6 rings (SSSR count). The zero-order valence-electron chi connectivity index (χ0n) is 38.2. The first-order valence-electron chi connectivity index (χ1n) is 23.0. The van der Waals surface area contributed by atoms with Crippen LogP contribution in [0.4, 0.5) is 0 Å². The monoisotopic (exact) mass is 974 g/mol. The van der Waals surface area contributed by atoms with Crippen molar-refractivity contribution < 1.29 is 79.7 Å². The van der Waals surface area contributed by atoms with E-state index in [4.69, 9.17) is 19.7 Å². The van der Waals surface area contributed by atoms with Crippen LogP contribution >= 0.6 is 0 Å². The maximum absolute atomic E-state index is 13.7. The first-order chi connectivity index (χ1) is 33.4. The molecule has 0 spiro atoms. The second kappa shape index (κ2) is 24.4. The molecular weight excluding hydrogens is 913 g/mol. The fraction of sp³-hybridized carbons (Fsp3) is 0.440. The lowest BCUT2D eigenvalue weighted by Gasteiger charge is -2.48. The molecule has 0 radical (unpaired) electrons. The molecule has 4 aromatic carbocycles. The molecule has 378 valence electrons. The van der Waals surface area contributed by atoms with Crippen LogP contribution in [0.15, 0.2) is 109 Å². The maximum atomic E-state index is 13.7. The SMILES string of the molecule is O=C(CC[C@H](O)CO)NC[C@H]1O[C@@](O)(Cc2ccccc2)[C@H](NC(=O)c2ccc(-c3ccc(C(=O)N[C@@H]4[C@@H](O)[C@H](O)[C@@H](CNC(=O)CC[C@H](O)CO)O[C@@]4(O)Cc4ccccc4)cc3)cc2)[C@@H](O)[C@@H]1O. The average Bonchev–Trinajstić information content (AvgIpc) is 3.37.